The topological polar surface area (TPSA) is 26.0 Å². The Kier molecular flexibility index (Phi) is 5.64. The van der Waals surface area contributed by atoms with Crippen molar-refractivity contribution in [1.29, 1.82) is 0 Å². The molecule has 0 radical (unpaired) electrons. The molecule has 0 saturated heterocycles. The molecule has 1 nitrogen and oxygen atoms in total. The van der Waals surface area contributed by atoms with Crippen LogP contribution in [0, 0.1) is 5.82 Å². The summed E-state index contributed by atoms with van der Waals surface area (Å²) in [5.74, 6) is -0.219. The van der Waals surface area contributed by atoms with Gasteiger partial charge in [0, 0.05) is 20.7 Å². The van der Waals surface area contributed by atoms with E-state index in [0.29, 0.717) is 0 Å². The third-order valence-corrected chi connectivity index (χ3v) is 5.57. The number of halogens is 2. The molecule has 2 unspecified atom stereocenters. The van der Waals surface area contributed by atoms with Crippen LogP contribution in [-0.4, -0.2) is 6.04 Å². The molecule has 106 valence electrons. The smallest absolute Gasteiger partial charge is 0.123 e. The second kappa shape index (κ2) is 7.25. The highest BCUT2D eigenvalue weighted by Crippen LogP contribution is 2.41. The maximum atomic E-state index is 13.5. The van der Waals surface area contributed by atoms with Gasteiger partial charge in [-0.15, -0.1) is 11.8 Å². The maximum absolute atomic E-state index is 13.5. The molecule has 0 spiro atoms. The van der Waals surface area contributed by atoms with Crippen LogP contribution in [-0.2, 0) is 0 Å². The average molecular weight is 354 g/mol. The fourth-order valence-corrected chi connectivity index (χ4v) is 3.80. The average Bonchev–Trinajstić information content (AvgIpc) is 2.45. The summed E-state index contributed by atoms with van der Waals surface area (Å²) in [7, 11) is 0. The van der Waals surface area contributed by atoms with Gasteiger partial charge in [0.2, 0.25) is 0 Å². The van der Waals surface area contributed by atoms with E-state index in [1.54, 1.807) is 23.9 Å². The van der Waals surface area contributed by atoms with Crippen molar-refractivity contribution >= 4 is 27.7 Å². The molecule has 0 amide bonds. The summed E-state index contributed by atoms with van der Waals surface area (Å²) in [6.07, 6.45) is 0.846. The number of hydrogen-bond donors (Lipinski definition) is 1. The van der Waals surface area contributed by atoms with Crippen molar-refractivity contribution in [2.75, 3.05) is 0 Å². The minimum Gasteiger partial charge on any atom is -0.326 e. The minimum atomic E-state index is -0.219. The van der Waals surface area contributed by atoms with Crippen LogP contribution in [0.2, 0.25) is 0 Å². The molecule has 20 heavy (non-hydrogen) atoms. The van der Waals surface area contributed by atoms with E-state index in [4.69, 9.17) is 5.73 Å². The van der Waals surface area contributed by atoms with Crippen LogP contribution in [0.3, 0.4) is 0 Å². The molecule has 0 aliphatic heterocycles. The summed E-state index contributed by atoms with van der Waals surface area (Å²) in [5, 5.41) is 0.0365. The lowest BCUT2D eigenvalue weighted by atomic mass is 10.0. The quantitative estimate of drug-likeness (QED) is 0.751. The zero-order valence-electron chi connectivity index (χ0n) is 11.2. The number of benzene rings is 2. The summed E-state index contributed by atoms with van der Waals surface area (Å²) >= 11 is 5.22. The predicted molar refractivity (Wildman–Crippen MR) is 87.4 cm³/mol. The summed E-state index contributed by atoms with van der Waals surface area (Å²) < 4.78 is 14.5. The standard InChI is InChI=1S/C16H17BrFNS/c1-2-14(19)16(11-6-5-7-12(18)10-11)20-15-9-4-3-8-13(15)17/h3-10,14,16H,2,19H2,1H3. The largest absolute Gasteiger partial charge is 0.326 e. The number of rotatable bonds is 5. The summed E-state index contributed by atoms with van der Waals surface area (Å²) in [5.41, 5.74) is 7.17. The van der Waals surface area contributed by atoms with Gasteiger partial charge in [0.1, 0.15) is 5.82 Å². The van der Waals surface area contributed by atoms with Gasteiger partial charge in [0.05, 0.1) is 0 Å². The molecule has 2 atom stereocenters. The Balaban J connectivity index is 2.31. The highest BCUT2D eigenvalue weighted by Gasteiger charge is 2.21. The van der Waals surface area contributed by atoms with E-state index in [2.05, 4.69) is 22.9 Å². The molecule has 4 heteroatoms. The van der Waals surface area contributed by atoms with Gasteiger partial charge in [-0.3, -0.25) is 0 Å². The van der Waals surface area contributed by atoms with E-state index in [1.807, 2.05) is 30.3 Å². The van der Waals surface area contributed by atoms with Crippen molar-refractivity contribution in [3.63, 3.8) is 0 Å². The van der Waals surface area contributed by atoms with Crippen molar-refractivity contribution in [1.82, 2.24) is 0 Å². The highest BCUT2D eigenvalue weighted by molar-refractivity contribution is 9.10. The van der Waals surface area contributed by atoms with Crippen molar-refractivity contribution < 1.29 is 4.39 Å². The summed E-state index contributed by atoms with van der Waals surface area (Å²) in [4.78, 5) is 1.12. The Morgan fingerprint density at radius 1 is 1.20 bits per heavy atom. The molecule has 0 fully saturated rings. The molecule has 2 aromatic carbocycles. The van der Waals surface area contributed by atoms with Gasteiger partial charge >= 0.3 is 0 Å². The number of thioether (sulfide) groups is 1. The summed E-state index contributed by atoms with van der Waals surface area (Å²) in [6, 6.07) is 14.7. The van der Waals surface area contributed by atoms with Crippen molar-refractivity contribution in [3.05, 3.63) is 64.4 Å². The van der Waals surface area contributed by atoms with Crippen molar-refractivity contribution in [3.8, 4) is 0 Å². The fraction of sp³-hybridized carbons (Fsp3) is 0.250. The first kappa shape index (κ1) is 15.5. The molecule has 2 rings (SSSR count). The van der Waals surface area contributed by atoms with Crippen LogP contribution in [0.5, 0.6) is 0 Å². The molecule has 0 aromatic heterocycles. The first-order chi connectivity index (χ1) is 9.61. The van der Waals surface area contributed by atoms with Crippen LogP contribution in [0.15, 0.2) is 57.9 Å². The summed E-state index contributed by atoms with van der Waals surface area (Å²) in [6.45, 7) is 2.05. The lowest BCUT2D eigenvalue weighted by molar-refractivity contribution is 0.610. The maximum Gasteiger partial charge on any atom is 0.123 e. The van der Waals surface area contributed by atoms with E-state index < -0.39 is 0 Å². The molecule has 0 aliphatic carbocycles. The van der Waals surface area contributed by atoms with Crippen LogP contribution in [0.1, 0.15) is 24.2 Å². The third kappa shape index (κ3) is 3.84. The van der Waals surface area contributed by atoms with E-state index >= 15 is 0 Å². The molecule has 0 heterocycles. The number of hydrogen-bond acceptors (Lipinski definition) is 2. The monoisotopic (exact) mass is 353 g/mol. The predicted octanol–water partition coefficient (Wildman–Crippen LogP) is 5.16. The van der Waals surface area contributed by atoms with Gasteiger partial charge in [-0.2, -0.15) is 0 Å². The molecule has 2 aromatic rings. The van der Waals surface area contributed by atoms with Crippen LogP contribution in [0.25, 0.3) is 0 Å². The van der Waals surface area contributed by atoms with Gasteiger partial charge in [-0.05, 0) is 52.2 Å². The second-order valence-corrected chi connectivity index (χ2v) is 6.63. The SMILES string of the molecule is CCC(N)C(Sc1ccccc1Br)c1cccc(F)c1. The van der Waals surface area contributed by atoms with E-state index in [1.165, 1.54) is 6.07 Å². The lowest BCUT2D eigenvalue weighted by Gasteiger charge is -2.23. The normalized spacial score (nSPS) is 14.0. The van der Waals surface area contributed by atoms with Crippen LogP contribution >= 0.6 is 27.7 Å². The lowest BCUT2D eigenvalue weighted by Crippen LogP contribution is -2.25. The van der Waals surface area contributed by atoms with Gasteiger partial charge in [-0.25, -0.2) is 4.39 Å². The molecular weight excluding hydrogens is 337 g/mol. The highest BCUT2D eigenvalue weighted by atomic mass is 79.9. The van der Waals surface area contributed by atoms with Crippen LogP contribution < -0.4 is 5.73 Å². The van der Waals surface area contributed by atoms with Gasteiger partial charge in [0.25, 0.3) is 0 Å². The molecule has 0 saturated carbocycles. The Bertz CT molecular complexity index is 576. The van der Waals surface area contributed by atoms with Gasteiger partial charge < -0.3 is 5.73 Å². The van der Waals surface area contributed by atoms with Gasteiger partial charge in [-0.1, -0.05) is 31.2 Å². The first-order valence-corrected chi connectivity index (χ1v) is 8.21. The van der Waals surface area contributed by atoms with E-state index in [0.717, 1.165) is 21.4 Å². The second-order valence-electron chi connectivity index (χ2n) is 4.60. The Labute approximate surface area is 131 Å². The molecule has 0 bridgehead atoms. The zero-order chi connectivity index (χ0) is 14.5. The van der Waals surface area contributed by atoms with Crippen molar-refractivity contribution in [2.45, 2.75) is 29.5 Å². The van der Waals surface area contributed by atoms with E-state index in [-0.39, 0.29) is 17.1 Å². The Hall–Kier alpha value is -0.840. The van der Waals surface area contributed by atoms with Gasteiger partial charge in [0.15, 0.2) is 0 Å². The number of nitrogens with two attached hydrogens (primary N) is 1. The van der Waals surface area contributed by atoms with Crippen LogP contribution in [0.4, 0.5) is 4.39 Å². The molecule has 0 aliphatic rings. The molecule has 2 N–H and O–H groups in total. The van der Waals surface area contributed by atoms with Crippen molar-refractivity contribution in [2.24, 2.45) is 5.73 Å². The van der Waals surface area contributed by atoms with E-state index in [9.17, 15) is 4.39 Å². The molecular formula is C16H17BrFNS. The Morgan fingerprint density at radius 2 is 1.95 bits per heavy atom. The third-order valence-electron chi connectivity index (χ3n) is 3.13. The minimum absolute atomic E-state index is 0.0195. The fourth-order valence-electron chi connectivity index (χ4n) is 1.98. The Morgan fingerprint density at radius 3 is 2.60 bits per heavy atom. The zero-order valence-corrected chi connectivity index (χ0v) is 13.6. The first-order valence-electron chi connectivity index (χ1n) is 6.54.